The summed E-state index contributed by atoms with van der Waals surface area (Å²) in [6, 6.07) is 5.90. The van der Waals surface area contributed by atoms with E-state index in [-0.39, 0.29) is 16.7 Å². The van der Waals surface area contributed by atoms with Crippen molar-refractivity contribution in [3.63, 3.8) is 0 Å². The number of nitrogens with one attached hydrogen (secondary N) is 1. The molecule has 8 heteroatoms. The third-order valence-electron chi connectivity index (χ3n) is 4.52. The highest BCUT2D eigenvalue weighted by molar-refractivity contribution is 6.74. The lowest BCUT2D eigenvalue weighted by molar-refractivity contribution is 0.0760. The van der Waals surface area contributed by atoms with Crippen LogP contribution in [-0.4, -0.2) is 25.1 Å². The van der Waals surface area contributed by atoms with Gasteiger partial charge in [0.15, 0.2) is 5.70 Å². The van der Waals surface area contributed by atoms with Crippen LogP contribution in [0.25, 0.3) is 17.1 Å². The molecular formula is C19H28FN3O3Si. The first-order chi connectivity index (χ1) is 12.6. The predicted molar refractivity (Wildman–Crippen MR) is 105 cm³/mol. The van der Waals surface area contributed by atoms with Crippen LogP contribution >= 0.6 is 0 Å². The lowest BCUT2D eigenvalue weighted by Gasteiger charge is -2.35. The summed E-state index contributed by atoms with van der Waals surface area (Å²) in [5, 5.41) is 4.02. The molecule has 2 rings (SSSR count). The molecule has 148 valence electrons. The summed E-state index contributed by atoms with van der Waals surface area (Å²) in [7, 11) is -2.01. The molecule has 0 bridgehead atoms. The minimum Gasteiger partial charge on any atom is -0.547 e. The fraction of sp³-hybridized carbons (Fsp3) is 0.474. The Morgan fingerprint density at radius 3 is 2.52 bits per heavy atom. The van der Waals surface area contributed by atoms with Gasteiger partial charge in [0.1, 0.15) is 5.82 Å². The average Bonchev–Trinajstić information content (AvgIpc) is 3.07. The van der Waals surface area contributed by atoms with E-state index in [1.807, 2.05) is 6.92 Å². The highest BCUT2D eigenvalue weighted by Crippen LogP contribution is 2.37. The summed E-state index contributed by atoms with van der Waals surface area (Å²) in [5.41, 5.74) is 3.95. The van der Waals surface area contributed by atoms with E-state index in [0.29, 0.717) is 23.7 Å². The van der Waals surface area contributed by atoms with Crippen molar-refractivity contribution in [1.29, 1.82) is 0 Å². The summed E-state index contributed by atoms with van der Waals surface area (Å²) in [6.45, 7) is 13.3. The number of aromatic nitrogens is 2. The Kier molecular flexibility index (Phi) is 6.77. The van der Waals surface area contributed by atoms with Crippen LogP contribution in [0.4, 0.5) is 4.39 Å². The van der Waals surface area contributed by atoms with Crippen LogP contribution in [0, 0.1) is 5.82 Å². The number of hydroxylamine groups is 1. The lowest BCUT2D eigenvalue weighted by Crippen LogP contribution is -2.39. The van der Waals surface area contributed by atoms with Crippen LogP contribution in [-0.2, 0) is 9.26 Å². The minimum absolute atomic E-state index is 0.0486. The molecule has 0 spiro atoms. The Morgan fingerprint density at radius 2 is 1.93 bits per heavy atom. The van der Waals surface area contributed by atoms with Crippen LogP contribution < -0.4 is 5.48 Å². The molecule has 0 amide bonds. The molecule has 0 aliphatic heterocycles. The monoisotopic (exact) mass is 393 g/mol. The van der Waals surface area contributed by atoms with Crippen molar-refractivity contribution in [3.05, 3.63) is 42.2 Å². The van der Waals surface area contributed by atoms with E-state index >= 15 is 0 Å². The number of nitrogens with zero attached hydrogens (tertiary/aromatic N) is 2. The molecule has 0 aliphatic carbocycles. The van der Waals surface area contributed by atoms with Gasteiger partial charge in [-0.2, -0.15) is 4.98 Å². The van der Waals surface area contributed by atoms with E-state index in [9.17, 15) is 4.39 Å². The van der Waals surface area contributed by atoms with E-state index < -0.39 is 8.32 Å². The molecule has 0 aliphatic rings. The average molecular weight is 394 g/mol. The molecule has 1 N–H and O–H groups in total. The second-order valence-electron chi connectivity index (χ2n) is 7.79. The molecule has 0 fully saturated rings. The predicted octanol–water partition coefficient (Wildman–Crippen LogP) is 5.13. The second kappa shape index (κ2) is 8.66. The number of halogens is 1. The van der Waals surface area contributed by atoms with Crippen molar-refractivity contribution in [2.45, 2.75) is 52.2 Å². The zero-order chi connectivity index (χ0) is 20.1. The number of hydrogen-bond donors (Lipinski definition) is 1. The Hall–Kier alpha value is -2.19. The van der Waals surface area contributed by atoms with E-state index in [4.69, 9.17) is 13.8 Å². The molecule has 0 saturated carbocycles. The van der Waals surface area contributed by atoms with Crippen molar-refractivity contribution in [2.24, 2.45) is 0 Å². The van der Waals surface area contributed by atoms with Crippen molar-refractivity contribution in [1.82, 2.24) is 15.6 Å². The summed E-state index contributed by atoms with van der Waals surface area (Å²) in [5.74, 6) is 0.283. The quantitative estimate of drug-likeness (QED) is 0.290. The molecule has 1 aromatic heterocycles. The zero-order valence-electron chi connectivity index (χ0n) is 16.8. The van der Waals surface area contributed by atoms with Gasteiger partial charge in [0.25, 0.3) is 5.89 Å². The molecule has 1 heterocycles. The van der Waals surface area contributed by atoms with E-state index in [2.05, 4.69) is 49.5 Å². The van der Waals surface area contributed by atoms with Gasteiger partial charge in [-0.15, -0.1) is 0 Å². The standard InChI is InChI=1S/C19H28FN3O3Si/c1-7-12-24-22-16(13-25-27(5,6)19(2,3)4)18-21-17(23-26-18)14-8-10-15(20)11-9-14/h8-11,13,22H,7,12H2,1-6H3. The van der Waals surface area contributed by atoms with Gasteiger partial charge in [-0.3, -0.25) is 10.3 Å². The topological polar surface area (TPSA) is 69.4 Å². The Morgan fingerprint density at radius 1 is 1.26 bits per heavy atom. The zero-order valence-corrected chi connectivity index (χ0v) is 17.8. The van der Waals surface area contributed by atoms with Gasteiger partial charge < -0.3 is 8.95 Å². The molecule has 0 atom stereocenters. The molecule has 0 radical (unpaired) electrons. The normalized spacial score (nSPS) is 12.9. The SMILES string of the molecule is CCCONC(=CO[Si](C)(C)C(C)(C)C)c1nc(-c2ccc(F)cc2)no1. The van der Waals surface area contributed by atoms with Gasteiger partial charge in [-0.1, -0.05) is 32.9 Å². The molecule has 0 unspecified atom stereocenters. The van der Waals surface area contributed by atoms with Gasteiger partial charge >= 0.3 is 0 Å². The van der Waals surface area contributed by atoms with Crippen molar-refractivity contribution < 1.29 is 18.2 Å². The summed E-state index contributed by atoms with van der Waals surface area (Å²) >= 11 is 0. The third kappa shape index (κ3) is 5.64. The molecule has 2 aromatic rings. The maximum atomic E-state index is 13.1. The van der Waals surface area contributed by atoms with E-state index in [1.165, 1.54) is 12.1 Å². The minimum atomic E-state index is -2.01. The lowest BCUT2D eigenvalue weighted by atomic mass is 10.2. The van der Waals surface area contributed by atoms with Crippen LogP contribution in [0.3, 0.4) is 0 Å². The summed E-state index contributed by atoms with van der Waals surface area (Å²) < 4.78 is 24.6. The fourth-order valence-electron chi connectivity index (χ4n) is 1.78. The van der Waals surface area contributed by atoms with Gasteiger partial charge in [-0.25, -0.2) is 4.39 Å². The van der Waals surface area contributed by atoms with E-state index in [0.717, 1.165) is 6.42 Å². The maximum absolute atomic E-state index is 13.1. The smallest absolute Gasteiger partial charge is 0.279 e. The molecule has 1 aromatic carbocycles. The van der Waals surface area contributed by atoms with Crippen molar-refractivity contribution in [2.75, 3.05) is 6.61 Å². The highest BCUT2D eigenvalue weighted by Gasteiger charge is 2.38. The van der Waals surface area contributed by atoms with Crippen molar-refractivity contribution in [3.8, 4) is 11.4 Å². The molecule has 27 heavy (non-hydrogen) atoms. The summed E-state index contributed by atoms with van der Waals surface area (Å²) in [4.78, 5) is 9.80. The van der Waals surface area contributed by atoms with Crippen LogP contribution in [0.2, 0.25) is 18.1 Å². The van der Waals surface area contributed by atoms with Crippen LogP contribution in [0.15, 0.2) is 35.1 Å². The van der Waals surface area contributed by atoms with Gasteiger partial charge in [0, 0.05) is 5.56 Å². The maximum Gasteiger partial charge on any atom is 0.279 e. The van der Waals surface area contributed by atoms with Crippen LogP contribution in [0.1, 0.15) is 40.0 Å². The van der Waals surface area contributed by atoms with Crippen molar-refractivity contribution >= 4 is 14.0 Å². The van der Waals surface area contributed by atoms with E-state index in [1.54, 1.807) is 18.4 Å². The number of hydrogen-bond acceptors (Lipinski definition) is 6. The number of rotatable bonds is 8. The first kappa shape index (κ1) is 21.1. The largest absolute Gasteiger partial charge is 0.547 e. The summed E-state index contributed by atoms with van der Waals surface area (Å²) in [6.07, 6.45) is 2.45. The van der Waals surface area contributed by atoms with Gasteiger partial charge in [0.2, 0.25) is 14.1 Å². The Balaban J connectivity index is 2.26. The first-order valence-corrected chi connectivity index (χ1v) is 11.9. The van der Waals surface area contributed by atoms with Gasteiger partial charge in [-0.05, 0) is 48.8 Å². The first-order valence-electron chi connectivity index (χ1n) is 9.00. The molecule has 0 saturated heterocycles. The van der Waals surface area contributed by atoms with Crippen LogP contribution in [0.5, 0.6) is 0 Å². The Bertz CT molecular complexity index is 767. The fourth-order valence-corrected chi connectivity index (χ4v) is 2.55. The molecule has 6 nitrogen and oxygen atoms in total. The second-order valence-corrected chi connectivity index (χ2v) is 12.5. The highest BCUT2D eigenvalue weighted by atomic mass is 28.4. The van der Waals surface area contributed by atoms with Gasteiger partial charge in [0.05, 0.1) is 12.9 Å². The Labute approximate surface area is 160 Å². The third-order valence-corrected chi connectivity index (χ3v) is 8.84. The molecular weight excluding hydrogens is 365 g/mol. The number of benzene rings is 1.